The van der Waals surface area contributed by atoms with Crippen LogP contribution < -0.4 is 21.3 Å². The van der Waals surface area contributed by atoms with Crippen molar-refractivity contribution in [2.45, 2.75) is 18.9 Å². The zero-order valence-corrected chi connectivity index (χ0v) is 14.1. The summed E-state index contributed by atoms with van der Waals surface area (Å²) < 4.78 is 10.4. The van der Waals surface area contributed by atoms with Gasteiger partial charge in [-0.25, -0.2) is 0 Å². The number of nitrogens with one attached hydrogen (secondary N) is 4. The van der Waals surface area contributed by atoms with Crippen LogP contribution in [0.4, 0.5) is 0 Å². The Labute approximate surface area is 136 Å². The van der Waals surface area contributed by atoms with Gasteiger partial charge in [-0.3, -0.25) is 14.4 Å². The summed E-state index contributed by atoms with van der Waals surface area (Å²) in [5.41, 5.74) is 0. The third-order valence-electron chi connectivity index (χ3n) is 2.94. The maximum atomic E-state index is 11.8. The molecule has 0 aliphatic rings. The molecule has 0 aromatic heterocycles. The first-order valence-electron chi connectivity index (χ1n) is 7.56. The van der Waals surface area contributed by atoms with Crippen LogP contribution >= 0.6 is 0 Å². The third kappa shape index (κ3) is 11.5. The first-order chi connectivity index (χ1) is 11.0. The molecule has 0 spiro atoms. The molecule has 0 bridgehead atoms. The van der Waals surface area contributed by atoms with Crippen molar-refractivity contribution in [1.29, 1.82) is 0 Å². The number of likely N-dealkylation sites (N-methyl/N-ethyl adjacent to an activating group) is 2. The second-order valence-electron chi connectivity index (χ2n) is 4.71. The Bertz CT molecular complexity index is 365. The van der Waals surface area contributed by atoms with E-state index in [0.29, 0.717) is 19.8 Å². The number of hydrogen-bond donors (Lipinski definition) is 4. The standard InChI is InChI=1S/C14H28N4O5/c1-15-6-7-22-8-9-23-10-13(20)18-11(14(21)17-3)4-5-12(19)16-2/h11,15H,4-10H2,1-3H3,(H,16,19)(H,17,21)(H,18,20). The predicted molar refractivity (Wildman–Crippen MR) is 84.9 cm³/mol. The summed E-state index contributed by atoms with van der Waals surface area (Å²) in [6.45, 7) is 1.84. The van der Waals surface area contributed by atoms with Gasteiger partial charge >= 0.3 is 0 Å². The lowest BCUT2D eigenvalue weighted by Gasteiger charge is -2.17. The lowest BCUT2D eigenvalue weighted by atomic mass is 10.1. The average molecular weight is 332 g/mol. The number of amides is 3. The average Bonchev–Trinajstić information content (AvgIpc) is 2.56. The highest BCUT2D eigenvalue weighted by atomic mass is 16.5. The summed E-state index contributed by atoms with van der Waals surface area (Å²) in [4.78, 5) is 34.7. The summed E-state index contributed by atoms with van der Waals surface area (Å²) in [5, 5.41) is 10.4. The monoisotopic (exact) mass is 332 g/mol. The van der Waals surface area contributed by atoms with Gasteiger partial charge in [0.25, 0.3) is 0 Å². The lowest BCUT2D eigenvalue weighted by molar-refractivity contribution is -0.132. The van der Waals surface area contributed by atoms with Crippen LogP contribution in [0.5, 0.6) is 0 Å². The summed E-state index contributed by atoms with van der Waals surface area (Å²) in [6, 6.07) is -0.764. The van der Waals surface area contributed by atoms with Gasteiger partial charge in [-0.15, -0.1) is 0 Å². The predicted octanol–water partition coefficient (Wildman–Crippen LogP) is -2.00. The largest absolute Gasteiger partial charge is 0.378 e. The van der Waals surface area contributed by atoms with Crippen molar-refractivity contribution in [3.8, 4) is 0 Å². The van der Waals surface area contributed by atoms with Crippen LogP contribution in [-0.4, -0.2) is 77.9 Å². The van der Waals surface area contributed by atoms with Crippen molar-refractivity contribution in [3.63, 3.8) is 0 Å². The van der Waals surface area contributed by atoms with Gasteiger partial charge in [0.05, 0.1) is 19.8 Å². The van der Waals surface area contributed by atoms with Crippen LogP contribution in [0.3, 0.4) is 0 Å². The third-order valence-corrected chi connectivity index (χ3v) is 2.94. The summed E-state index contributed by atoms with van der Waals surface area (Å²) >= 11 is 0. The Kier molecular flexibility index (Phi) is 12.9. The van der Waals surface area contributed by atoms with E-state index in [1.165, 1.54) is 14.1 Å². The van der Waals surface area contributed by atoms with Crippen molar-refractivity contribution >= 4 is 17.7 Å². The molecule has 0 heterocycles. The van der Waals surface area contributed by atoms with E-state index >= 15 is 0 Å². The molecule has 0 fully saturated rings. The zero-order chi connectivity index (χ0) is 17.5. The molecule has 4 N–H and O–H groups in total. The number of hydrogen-bond acceptors (Lipinski definition) is 6. The maximum absolute atomic E-state index is 11.8. The van der Waals surface area contributed by atoms with E-state index in [0.717, 1.165) is 6.54 Å². The maximum Gasteiger partial charge on any atom is 0.246 e. The van der Waals surface area contributed by atoms with E-state index in [1.807, 2.05) is 7.05 Å². The van der Waals surface area contributed by atoms with Crippen LogP contribution in [-0.2, 0) is 23.9 Å². The fourth-order valence-electron chi connectivity index (χ4n) is 1.64. The van der Waals surface area contributed by atoms with Crippen LogP contribution in [0.15, 0.2) is 0 Å². The second-order valence-corrected chi connectivity index (χ2v) is 4.71. The van der Waals surface area contributed by atoms with Crippen molar-refractivity contribution in [1.82, 2.24) is 21.3 Å². The van der Waals surface area contributed by atoms with E-state index in [-0.39, 0.29) is 31.3 Å². The second kappa shape index (κ2) is 13.9. The van der Waals surface area contributed by atoms with Crippen LogP contribution in [0.2, 0.25) is 0 Å². The zero-order valence-electron chi connectivity index (χ0n) is 14.1. The van der Waals surface area contributed by atoms with Gasteiger partial charge in [-0.05, 0) is 13.5 Å². The molecule has 23 heavy (non-hydrogen) atoms. The van der Waals surface area contributed by atoms with Crippen molar-refractivity contribution < 1.29 is 23.9 Å². The number of rotatable bonds is 13. The topological polar surface area (TPSA) is 118 Å². The van der Waals surface area contributed by atoms with E-state index in [1.54, 1.807) is 0 Å². The number of carbonyl (C=O) groups is 3. The smallest absolute Gasteiger partial charge is 0.246 e. The summed E-state index contributed by atoms with van der Waals surface area (Å²) in [6.07, 6.45) is 0.368. The van der Waals surface area contributed by atoms with Crippen LogP contribution in [0, 0.1) is 0 Å². The SMILES string of the molecule is CNCCOCCOCC(=O)NC(CCC(=O)NC)C(=O)NC. The minimum Gasteiger partial charge on any atom is -0.378 e. The van der Waals surface area contributed by atoms with Gasteiger partial charge in [-0.2, -0.15) is 0 Å². The fraction of sp³-hybridized carbons (Fsp3) is 0.786. The highest BCUT2D eigenvalue weighted by molar-refractivity contribution is 5.88. The van der Waals surface area contributed by atoms with Gasteiger partial charge in [0.15, 0.2) is 0 Å². The van der Waals surface area contributed by atoms with Gasteiger partial charge in [0.2, 0.25) is 17.7 Å². The molecule has 0 aromatic carbocycles. The van der Waals surface area contributed by atoms with Crippen molar-refractivity contribution in [2.24, 2.45) is 0 Å². The van der Waals surface area contributed by atoms with Crippen LogP contribution in [0.25, 0.3) is 0 Å². The fourth-order valence-corrected chi connectivity index (χ4v) is 1.64. The minimum absolute atomic E-state index is 0.148. The van der Waals surface area contributed by atoms with Gasteiger partial charge in [-0.1, -0.05) is 0 Å². The van der Waals surface area contributed by atoms with E-state index < -0.39 is 11.9 Å². The molecule has 0 radical (unpaired) electrons. The normalized spacial score (nSPS) is 11.6. The molecule has 1 atom stereocenters. The van der Waals surface area contributed by atoms with Crippen LogP contribution in [0.1, 0.15) is 12.8 Å². The van der Waals surface area contributed by atoms with Gasteiger partial charge in [0.1, 0.15) is 12.6 Å². The number of carbonyl (C=O) groups excluding carboxylic acids is 3. The Balaban J connectivity index is 3.98. The lowest BCUT2D eigenvalue weighted by Crippen LogP contribution is -2.47. The molecule has 9 heteroatoms. The van der Waals surface area contributed by atoms with E-state index in [2.05, 4.69) is 21.3 Å². The van der Waals surface area contributed by atoms with Crippen molar-refractivity contribution in [3.05, 3.63) is 0 Å². The molecule has 0 aliphatic carbocycles. The molecule has 0 rings (SSSR count). The van der Waals surface area contributed by atoms with E-state index in [9.17, 15) is 14.4 Å². The molecule has 1 unspecified atom stereocenters. The first kappa shape index (κ1) is 21.3. The Morgan fingerprint density at radius 3 is 2.22 bits per heavy atom. The minimum atomic E-state index is -0.764. The summed E-state index contributed by atoms with van der Waals surface area (Å²) in [5.74, 6) is -0.952. The van der Waals surface area contributed by atoms with Gasteiger partial charge in [0, 0.05) is 27.1 Å². The summed E-state index contributed by atoms with van der Waals surface area (Å²) in [7, 11) is 4.82. The molecule has 0 aliphatic heterocycles. The molecule has 0 saturated carbocycles. The highest BCUT2D eigenvalue weighted by Gasteiger charge is 2.20. The first-order valence-corrected chi connectivity index (χ1v) is 7.56. The van der Waals surface area contributed by atoms with Crippen molar-refractivity contribution in [2.75, 3.05) is 54.1 Å². The van der Waals surface area contributed by atoms with E-state index in [4.69, 9.17) is 9.47 Å². The molecule has 0 saturated heterocycles. The highest BCUT2D eigenvalue weighted by Crippen LogP contribution is 1.98. The Morgan fingerprint density at radius 2 is 1.61 bits per heavy atom. The Morgan fingerprint density at radius 1 is 0.913 bits per heavy atom. The molecule has 0 aromatic rings. The molecular weight excluding hydrogens is 304 g/mol. The molecule has 9 nitrogen and oxygen atoms in total. The Hall–Kier alpha value is -1.71. The van der Waals surface area contributed by atoms with Gasteiger partial charge < -0.3 is 30.7 Å². The number of ether oxygens (including phenoxy) is 2. The molecular formula is C14H28N4O5. The molecule has 3 amide bonds. The molecule has 134 valence electrons. The quantitative estimate of drug-likeness (QED) is 0.290.